The highest BCUT2D eigenvalue weighted by Gasteiger charge is 2.43. The standard InChI is InChI=1S/C25H30FN3/c1-2-18(19-8-10-20(26)11-9-19)5-4-14-28-15-12-24-22(17-28)21-6-3-7-23-25(21)29(24)16-13-27-23/h2-3,6-11,22,24,27H,4-5,12-17H2,1H3. The average Bonchev–Trinajstić information content (AvgIpc) is 3.08. The second-order valence-electron chi connectivity index (χ2n) is 8.55. The van der Waals surface area contributed by atoms with Crippen LogP contribution < -0.4 is 10.2 Å². The Bertz CT molecular complexity index is 905. The maximum Gasteiger partial charge on any atom is 0.123 e. The highest BCUT2D eigenvalue weighted by Crippen LogP contribution is 2.49. The van der Waals surface area contributed by atoms with Crippen molar-refractivity contribution in [2.45, 2.75) is 38.1 Å². The summed E-state index contributed by atoms with van der Waals surface area (Å²) >= 11 is 0. The van der Waals surface area contributed by atoms with E-state index in [0.29, 0.717) is 12.0 Å². The third kappa shape index (κ3) is 3.44. The molecule has 0 saturated carbocycles. The fraction of sp³-hybridized carbons (Fsp3) is 0.440. The van der Waals surface area contributed by atoms with Gasteiger partial charge in [-0.2, -0.15) is 0 Å². The van der Waals surface area contributed by atoms with E-state index >= 15 is 0 Å². The molecule has 2 atom stereocenters. The van der Waals surface area contributed by atoms with Crippen LogP contribution in [0.1, 0.15) is 43.2 Å². The van der Waals surface area contributed by atoms with E-state index in [9.17, 15) is 4.39 Å². The number of nitrogens with one attached hydrogen (secondary N) is 1. The van der Waals surface area contributed by atoms with E-state index in [1.165, 1.54) is 36.5 Å². The lowest BCUT2D eigenvalue weighted by Gasteiger charge is -2.40. The average molecular weight is 392 g/mol. The van der Waals surface area contributed by atoms with Crippen molar-refractivity contribution in [3.05, 3.63) is 65.5 Å². The lowest BCUT2D eigenvalue weighted by Crippen LogP contribution is -2.48. The van der Waals surface area contributed by atoms with E-state index < -0.39 is 0 Å². The van der Waals surface area contributed by atoms with Crippen molar-refractivity contribution in [3.63, 3.8) is 0 Å². The number of likely N-dealkylation sites (tertiary alicyclic amines) is 1. The molecule has 152 valence electrons. The number of hydrogen-bond acceptors (Lipinski definition) is 3. The van der Waals surface area contributed by atoms with Crippen LogP contribution in [-0.4, -0.2) is 43.7 Å². The van der Waals surface area contributed by atoms with E-state index in [2.05, 4.69) is 46.3 Å². The number of hydrogen-bond donors (Lipinski definition) is 1. The van der Waals surface area contributed by atoms with Gasteiger partial charge in [-0.05, 0) is 67.6 Å². The van der Waals surface area contributed by atoms with Crippen molar-refractivity contribution < 1.29 is 4.39 Å². The maximum absolute atomic E-state index is 13.2. The number of nitrogens with zero attached hydrogens (tertiary/aromatic N) is 2. The topological polar surface area (TPSA) is 18.5 Å². The maximum atomic E-state index is 13.2. The summed E-state index contributed by atoms with van der Waals surface area (Å²) in [6.45, 7) is 7.76. The number of halogens is 1. The van der Waals surface area contributed by atoms with E-state index in [4.69, 9.17) is 0 Å². The first-order valence-electron chi connectivity index (χ1n) is 11.0. The zero-order chi connectivity index (χ0) is 19.8. The summed E-state index contributed by atoms with van der Waals surface area (Å²) in [5.41, 5.74) is 6.81. The molecule has 2 unspecified atom stereocenters. The lowest BCUT2D eigenvalue weighted by molar-refractivity contribution is 0.192. The number of rotatable bonds is 5. The van der Waals surface area contributed by atoms with Crippen LogP contribution in [0.15, 0.2) is 48.5 Å². The molecular weight excluding hydrogens is 361 g/mol. The highest BCUT2D eigenvalue weighted by molar-refractivity contribution is 5.80. The predicted molar refractivity (Wildman–Crippen MR) is 119 cm³/mol. The van der Waals surface area contributed by atoms with Crippen LogP contribution in [0.25, 0.3) is 5.57 Å². The summed E-state index contributed by atoms with van der Waals surface area (Å²) < 4.78 is 13.2. The molecule has 2 aromatic carbocycles. The molecule has 3 aliphatic rings. The minimum atomic E-state index is -0.166. The first kappa shape index (κ1) is 18.7. The van der Waals surface area contributed by atoms with Crippen molar-refractivity contribution in [1.82, 2.24) is 4.90 Å². The number of para-hydroxylation sites is 1. The number of benzene rings is 2. The van der Waals surface area contributed by atoms with Crippen molar-refractivity contribution in [2.75, 3.05) is 42.9 Å². The molecule has 5 rings (SSSR count). The second-order valence-corrected chi connectivity index (χ2v) is 8.55. The smallest absolute Gasteiger partial charge is 0.123 e. The van der Waals surface area contributed by atoms with Crippen molar-refractivity contribution in [2.24, 2.45) is 0 Å². The van der Waals surface area contributed by atoms with Crippen molar-refractivity contribution >= 4 is 16.9 Å². The minimum absolute atomic E-state index is 0.166. The third-order valence-electron chi connectivity index (χ3n) is 6.97. The Labute approximate surface area is 173 Å². The molecule has 3 nitrogen and oxygen atoms in total. The monoisotopic (exact) mass is 391 g/mol. The predicted octanol–water partition coefficient (Wildman–Crippen LogP) is 5.11. The Morgan fingerprint density at radius 2 is 2.03 bits per heavy atom. The molecule has 0 aliphatic carbocycles. The SMILES string of the molecule is CC=C(CCCN1CCC2C(C1)c1cccc3c1N2CCN3)c1ccc(F)cc1. The Morgan fingerprint density at radius 1 is 1.17 bits per heavy atom. The summed E-state index contributed by atoms with van der Waals surface area (Å²) in [7, 11) is 0. The van der Waals surface area contributed by atoms with Gasteiger partial charge in [-0.25, -0.2) is 4.39 Å². The molecule has 0 aromatic heterocycles. The molecule has 1 saturated heterocycles. The molecule has 0 bridgehead atoms. The molecule has 29 heavy (non-hydrogen) atoms. The molecule has 0 amide bonds. The lowest BCUT2D eigenvalue weighted by atomic mass is 9.89. The van der Waals surface area contributed by atoms with Crippen LogP contribution in [0.3, 0.4) is 0 Å². The zero-order valence-corrected chi connectivity index (χ0v) is 17.2. The van der Waals surface area contributed by atoms with Gasteiger partial charge in [0.1, 0.15) is 5.82 Å². The van der Waals surface area contributed by atoms with Crippen molar-refractivity contribution in [1.29, 1.82) is 0 Å². The zero-order valence-electron chi connectivity index (χ0n) is 17.2. The second kappa shape index (κ2) is 7.83. The van der Waals surface area contributed by atoms with Crippen LogP contribution in [0.2, 0.25) is 0 Å². The molecule has 1 fully saturated rings. The summed E-state index contributed by atoms with van der Waals surface area (Å²) in [5, 5.41) is 3.58. The fourth-order valence-corrected chi connectivity index (χ4v) is 5.58. The minimum Gasteiger partial charge on any atom is -0.382 e. The van der Waals surface area contributed by atoms with Gasteiger partial charge in [0, 0.05) is 38.1 Å². The third-order valence-corrected chi connectivity index (χ3v) is 6.97. The van der Waals surface area contributed by atoms with Gasteiger partial charge in [0.2, 0.25) is 0 Å². The normalized spacial score (nSPS) is 23.5. The van der Waals surface area contributed by atoms with Gasteiger partial charge in [0.25, 0.3) is 0 Å². The molecule has 2 aromatic rings. The summed E-state index contributed by atoms with van der Waals surface area (Å²) in [6.07, 6.45) is 5.62. The van der Waals surface area contributed by atoms with E-state index in [1.54, 1.807) is 17.7 Å². The summed E-state index contributed by atoms with van der Waals surface area (Å²) in [4.78, 5) is 5.33. The van der Waals surface area contributed by atoms with E-state index in [-0.39, 0.29) is 5.82 Å². The van der Waals surface area contributed by atoms with E-state index in [0.717, 1.165) is 38.0 Å². The Kier molecular flexibility index (Phi) is 5.04. The van der Waals surface area contributed by atoms with Crippen molar-refractivity contribution in [3.8, 4) is 0 Å². The molecule has 3 aliphatic heterocycles. The Balaban J connectivity index is 1.22. The van der Waals surface area contributed by atoms with Gasteiger partial charge < -0.3 is 15.1 Å². The van der Waals surface area contributed by atoms with Crippen LogP contribution in [0, 0.1) is 5.82 Å². The first-order valence-corrected chi connectivity index (χ1v) is 11.0. The quantitative estimate of drug-likeness (QED) is 0.764. The van der Waals surface area contributed by atoms with E-state index in [1.807, 2.05) is 12.1 Å². The fourth-order valence-electron chi connectivity index (χ4n) is 5.58. The van der Waals surface area contributed by atoms with Gasteiger partial charge in [-0.15, -0.1) is 0 Å². The van der Waals surface area contributed by atoms with Gasteiger partial charge in [0.05, 0.1) is 11.4 Å². The first-order chi connectivity index (χ1) is 14.2. The number of anilines is 2. The molecular formula is C25H30FN3. The van der Waals surface area contributed by atoms with Gasteiger partial charge in [0.15, 0.2) is 0 Å². The molecule has 0 radical (unpaired) electrons. The number of piperidine rings is 1. The summed E-state index contributed by atoms with van der Waals surface area (Å²) in [6, 6.07) is 14.4. The Morgan fingerprint density at radius 3 is 2.86 bits per heavy atom. The molecule has 3 heterocycles. The van der Waals surface area contributed by atoms with Gasteiger partial charge in [-0.1, -0.05) is 30.3 Å². The number of fused-ring (bicyclic) bond motifs is 3. The van der Waals surface area contributed by atoms with Crippen LogP contribution in [-0.2, 0) is 0 Å². The van der Waals surface area contributed by atoms with Crippen LogP contribution in [0.5, 0.6) is 0 Å². The Hall–Kier alpha value is -2.33. The molecule has 1 N–H and O–H groups in total. The largest absolute Gasteiger partial charge is 0.382 e. The number of allylic oxidation sites excluding steroid dienone is 2. The van der Waals surface area contributed by atoms with Crippen LogP contribution in [0.4, 0.5) is 15.8 Å². The molecule has 4 heteroatoms. The summed E-state index contributed by atoms with van der Waals surface area (Å²) in [5.74, 6) is 0.470. The van der Waals surface area contributed by atoms with Gasteiger partial charge >= 0.3 is 0 Å². The highest BCUT2D eigenvalue weighted by atomic mass is 19.1. The van der Waals surface area contributed by atoms with Crippen LogP contribution >= 0.6 is 0 Å². The van der Waals surface area contributed by atoms with Gasteiger partial charge in [-0.3, -0.25) is 0 Å². The molecule has 0 spiro atoms.